The van der Waals surface area contributed by atoms with E-state index < -0.39 is 0 Å². The summed E-state index contributed by atoms with van der Waals surface area (Å²) in [6, 6.07) is 7.54. The van der Waals surface area contributed by atoms with E-state index in [0.29, 0.717) is 10.7 Å². The number of hydrogen-bond acceptors (Lipinski definition) is 6. The first-order valence-electron chi connectivity index (χ1n) is 6.10. The minimum Gasteiger partial charge on any atom is -0.353 e. The maximum Gasteiger partial charge on any atom is 0.206 e. The van der Waals surface area contributed by atoms with E-state index in [1.807, 2.05) is 37.3 Å². The van der Waals surface area contributed by atoms with Crippen LogP contribution in [-0.4, -0.2) is 28.3 Å². The van der Waals surface area contributed by atoms with Crippen LogP contribution in [0.15, 0.2) is 41.3 Å². The molecule has 0 fully saturated rings. The summed E-state index contributed by atoms with van der Waals surface area (Å²) in [6.45, 7) is 5.88. The van der Waals surface area contributed by atoms with Gasteiger partial charge in [-0.2, -0.15) is 0 Å². The average molecular weight is 305 g/mol. The molecule has 104 valence electrons. The number of nitrogens with zero attached hydrogens (tertiary/aromatic N) is 2. The quantitative estimate of drug-likeness (QED) is 0.482. The van der Waals surface area contributed by atoms with Crippen LogP contribution in [-0.2, 0) is 0 Å². The van der Waals surface area contributed by atoms with Crippen molar-refractivity contribution < 1.29 is 4.79 Å². The van der Waals surface area contributed by atoms with Gasteiger partial charge in [0, 0.05) is 11.3 Å². The van der Waals surface area contributed by atoms with E-state index in [9.17, 15) is 4.79 Å². The Morgan fingerprint density at radius 2 is 2.15 bits per heavy atom. The molecule has 1 aromatic carbocycles. The molecule has 20 heavy (non-hydrogen) atoms. The van der Waals surface area contributed by atoms with Gasteiger partial charge in [-0.25, -0.2) is 0 Å². The van der Waals surface area contributed by atoms with Gasteiger partial charge < -0.3 is 5.32 Å². The van der Waals surface area contributed by atoms with Gasteiger partial charge in [0.15, 0.2) is 10.1 Å². The average Bonchev–Trinajstić information content (AvgIpc) is 2.91. The number of benzene rings is 1. The highest BCUT2D eigenvalue weighted by Gasteiger charge is 2.08. The number of hydrogen-bond donors (Lipinski definition) is 1. The summed E-state index contributed by atoms with van der Waals surface area (Å²) in [6.07, 6.45) is 1.82. The molecule has 1 heterocycles. The summed E-state index contributed by atoms with van der Waals surface area (Å²) in [5, 5.41) is 11.7. The van der Waals surface area contributed by atoms with E-state index in [2.05, 4.69) is 22.1 Å². The maximum absolute atomic E-state index is 12.0. The summed E-state index contributed by atoms with van der Waals surface area (Å²) in [5.74, 6) is 0.845. The van der Waals surface area contributed by atoms with Crippen molar-refractivity contribution in [1.29, 1.82) is 0 Å². The fourth-order valence-electron chi connectivity index (χ4n) is 1.47. The maximum atomic E-state index is 12.0. The van der Waals surface area contributed by atoms with E-state index in [1.54, 1.807) is 11.8 Å². The molecular weight excluding hydrogens is 290 g/mol. The van der Waals surface area contributed by atoms with Gasteiger partial charge in [-0.05, 0) is 6.92 Å². The Bertz CT molecular complexity index is 593. The molecule has 2 rings (SSSR count). The monoisotopic (exact) mass is 305 g/mol. The van der Waals surface area contributed by atoms with Crippen LogP contribution in [0.5, 0.6) is 0 Å². The number of aromatic nitrogens is 2. The standard InChI is InChI=1S/C14H15N3OS2/c1-3-8-19-14-17-16-13(20-14)15-9-12(18)11-6-4-10(2)5-7-11/h3-7H,1,8-9H2,2H3,(H,15,16). The number of rotatable bonds is 7. The summed E-state index contributed by atoms with van der Waals surface area (Å²) in [5.41, 5.74) is 1.84. The number of thioether (sulfide) groups is 1. The summed E-state index contributed by atoms with van der Waals surface area (Å²) >= 11 is 3.02. The van der Waals surface area contributed by atoms with Crippen LogP contribution in [0.3, 0.4) is 0 Å². The minimum absolute atomic E-state index is 0.0421. The van der Waals surface area contributed by atoms with E-state index in [0.717, 1.165) is 15.7 Å². The molecule has 0 saturated heterocycles. The van der Waals surface area contributed by atoms with Gasteiger partial charge >= 0.3 is 0 Å². The van der Waals surface area contributed by atoms with Crippen LogP contribution < -0.4 is 5.32 Å². The van der Waals surface area contributed by atoms with Crippen LogP contribution in [0.25, 0.3) is 0 Å². The molecule has 0 unspecified atom stereocenters. The van der Waals surface area contributed by atoms with Gasteiger partial charge in [-0.15, -0.1) is 16.8 Å². The number of anilines is 1. The fourth-order valence-corrected chi connectivity index (χ4v) is 2.98. The van der Waals surface area contributed by atoms with Crippen molar-refractivity contribution in [3.63, 3.8) is 0 Å². The van der Waals surface area contributed by atoms with E-state index in [1.165, 1.54) is 11.3 Å². The van der Waals surface area contributed by atoms with Gasteiger partial charge in [0.1, 0.15) is 0 Å². The molecule has 0 amide bonds. The second-order valence-electron chi connectivity index (χ2n) is 4.12. The van der Waals surface area contributed by atoms with Crippen LogP contribution in [0.2, 0.25) is 0 Å². The molecule has 0 radical (unpaired) electrons. The zero-order chi connectivity index (χ0) is 14.4. The third-order valence-corrected chi connectivity index (χ3v) is 4.51. The molecule has 0 aliphatic rings. The third kappa shape index (κ3) is 4.18. The third-order valence-electron chi connectivity index (χ3n) is 2.50. The minimum atomic E-state index is 0.0421. The van der Waals surface area contributed by atoms with Gasteiger partial charge in [-0.1, -0.05) is 59.0 Å². The zero-order valence-corrected chi connectivity index (χ0v) is 12.8. The molecule has 1 aromatic heterocycles. The molecule has 2 aromatic rings. The van der Waals surface area contributed by atoms with Crippen LogP contribution in [0.4, 0.5) is 5.13 Å². The van der Waals surface area contributed by atoms with Crippen molar-refractivity contribution >= 4 is 34.0 Å². The largest absolute Gasteiger partial charge is 0.353 e. The molecule has 0 bridgehead atoms. The smallest absolute Gasteiger partial charge is 0.206 e. The Kier molecular flexibility index (Phi) is 5.31. The Morgan fingerprint density at radius 1 is 1.40 bits per heavy atom. The van der Waals surface area contributed by atoms with Crippen molar-refractivity contribution in [2.75, 3.05) is 17.6 Å². The van der Waals surface area contributed by atoms with Gasteiger partial charge in [0.25, 0.3) is 0 Å². The highest BCUT2D eigenvalue weighted by Crippen LogP contribution is 2.25. The number of aryl methyl sites for hydroxylation is 1. The lowest BCUT2D eigenvalue weighted by Gasteiger charge is -2.02. The predicted octanol–water partition coefficient (Wildman–Crippen LogP) is 3.42. The van der Waals surface area contributed by atoms with E-state index in [4.69, 9.17) is 0 Å². The van der Waals surface area contributed by atoms with Gasteiger partial charge in [0.05, 0.1) is 6.54 Å². The van der Waals surface area contributed by atoms with E-state index in [-0.39, 0.29) is 12.3 Å². The molecule has 0 spiro atoms. The molecular formula is C14H15N3OS2. The predicted molar refractivity (Wildman–Crippen MR) is 84.8 cm³/mol. The van der Waals surface area contributed by atoms with Crippen molar-refractivity contribution in [1.82, 2.24) is 10.2 Å². The second kappa shape index (κ2) is 7.21. The number of nitrogens with one attached hydrogen (secondary N) is 1. The number of ketones is 1. The first kappa shape index (κ1) is 14.7. The van der Waals surface area contributed by atoms with E-state index >= 15 is 0 Å². The van der Waals surface area contributed by atoms with Crippen molar-refractivity contribution in [2.45, 2.75) is 11.3 Å². The summed E-state index contributed by atoms with van der Waals surface area (Å²) in [4.78, 5) is 12.0. The van der Waals surface area contributed by atoms with Crippen LogP contribution >= 0.6 is 23.1 Å². The Balaban J connectivity index is 1.88. The molecule has 6 heteroatoms. The fraction of sp³-hybridized carbons (Fsp3) is 0.214. The van der Waals surface area contributed by atoms with Crippen molar-refractivity contribution in [3.05, 3.63) is 48.0 Å². The highest BCUT2D eigenvalue weighted by atomic mass is 32.2. The lowest BCUT2D eigenvalue weighted by molar-refractivity contribution is 0.101. The zero-order valence-electron chi connectivity index (χ0n) is 11.1. The number of carbonyl (C=O) groups excluding carboxylic acids is 1. The molecule has 4 nitrogen and oxygen atoms in total. The first-order chi connectivity index (χ1) is 9.69. The SMILES string of the molecule is C=CCSc1nnc(NCC(=O)c2ccc(C)cc2)s1. The molecule has 1 N–H and O–H groups in total. The summed E-state index contributed by atoms with van der Waals surface area (Å²) < 4.78 is 0.871. The van der Waals surface area contributed by atoms with Crippen LogP contribution in [0.1, 0.15) is 15.9 Å². The van der Waals surface area contributed by atoms with Gasteiger partial charge in [0.2, 0.25) is 5.13 Å². The topological polar surface area (TPSA) is 54.9 Å². The highest BCUT2D eigenvalue weighted by molar-refractivity contribution is 8.01. The van der Waals surface area contributed by atoms with Crippen molar-refractivity contribution in [3.8, 4) is 0 Å². The number of carbonyl (C=O) groups is 1. The molecule has 0 aliphatic heterocycles. The second-order valence-corrected chi connectivity index (χ2v) is 6.36. The lowest BCUT2D eigenvalue weighted by Crippen LogP contribution is -2.13. The normalized spacial score (nSPS) is 10.2. The Morgan fingerprint density at radius 3 is 2.85 bits per heavy atom. The lowest BCUT2D eigenvalue weighted by atomic mass is 10.1. The molecule has 0 aliphatic carbocycles. The Hall–Kier alpha value is -1.66. The number of Topliss-reactive ketones (excluding diaryl/α,β-unsaturated/α-hetero) is 1. The Labute approximate surface area is 126 Å². The van der Waals surface area contributed by atoms with Gasteiger partial charge in [-0.3, -0.25) is 4.79 Å². The molecule has 0 saturated carbocycles. The van der Waals surface area contributed by atoms with Crippen LogP contribution in [0, 0.1) is 6.92 Å². The first-order valence-corrected chi connectivity index (χ1v) is 7.90. The summed E-state index contributed by atoms with van der Waals surface area (Å²) in [7, 11) is 0. The molecule has 0 atom stereocenters. The van der Waals surface area contributed by atoms with Crippen molar-refractivity contribution in [2.24, 2.45) is 0 Å².